The molecule has 0 bridgehead atoms. The summed E-state index contributed by atoms with van der Waals surface area (Å²) in [7, 11) is 0. The van der Waals surface area contributed by atoms with Gasteiger partial charge >= 0.3 is 0 Å². The van der Waals surface area contributed by atoms with Crippen LogP contribution in [0.4, 0.5) is 5.13 Å². The van der Waals surface area contributed by atoms with E-state index in [1.54, 1.807) is 0 Å². The monoisotopic (exact) mass is 391 g/mol. The second kappa shape index (κ2) is 10.9. The molecule has 0 spiro atoms. The molecule has 6 nitrogen and oxygen atoms in total. The predicted octanol–water partition coefficient (Wildman–Crippen LogP) is 4.81. The zero-order chi connectivity index (χ0) is 19.6. The zero-order valence-electron chi connectivity index (χ0n) is 16.6. The van der Waals surface area contributed by atoms with Crippen LogP contribution >= 0.6 is 11.3 Å². The smallest absolute Gasteiger partial charge is 0.226 e. The SMILES string of the molecule is CCCCOc1ccc(CCC(=O)Nc2nnc(C(C)C)s2)cc1OCC. The number of anilines is 1. The van der Waals surface area contributed by atoms with E-state index in [2.05, 4.69) is 36.3 Å². The van der Waals surface area contributed by atoms with E-state index in [4.69, 9.17) is 9.47 Å². The lowest BCUT2D eigenvalue weighted by Gasteiger charge is -2.13. The first kappa shape index (κ1) is 21.2. The van der Waals surface area contributed by atoms with Crippen molar-refractivity contribution >= 4 is 22.4 Å². The molecule has 27 heavy (non-hydrogen) atoms. The fourth-order valence-corrected chi connectivity index (χ4v) is 3.14. The van der Waals surface area contributed by atoms with Crippen LogP contribution in [0.25, 0.3) is 0 Å². The highest BCUT2D eigenvalue weighted by Gasteiger charge is 2.12. The Morgan fingerprint density at radius 2 is 2.00 bits per heavy atom. The molecule has 1 aromatic carbocycles. The van der Waals surface area contributed by atoms with Crippen LogP contribution < -0.4 is 14.8 Å². The highest BCUT2D eigenvalue weighted by molar-refractivity contribution is 7.15. The van der Waals surface area contributed by atoms with Gasteiger partial charge in [-0.25, -0.2) is 0 Å². The van der Waals surface area contributed by atoms with Gasteiger partial charge < -0.3 is 14.8 Å². The van der Waals surface area contributed by atoms with Crippen molar-refractivity contribution in [2.75, 3.05) is 18.5 Å². The van der Waals surface area contributed by atoms with Crippen LogP contribution in [0.15, 0.2) is 18.2 Å². The maximum absolute atomic E-state index is 12.2. The Kier molecular flexibility index (Phi) is 8.51. The van der Waals surface area contributed by atoms with Gasteiger partial charge in [0.15, 0.2) is 11.5 Å². The zero-order valence-corrected chi connectivity index (χ0v) is 17.4. The molecule has 1 amide bonds. The van der Waals surface area contributed by atoms with Crippen molar-refractivity contribution in [1.82, 2.24) is 10.2 Å². The van der Waals surface area contributed by atoms with Crippen molar-refractivity contribution in [2.45, 2.75) is 59.3 Å². The Hall–Kier alpha value is -2.15. The molecule has 0 aliphatic rings. The van der Waals surface area contributed by atoms with E-state index in [1.807, 2.05) is 25.1 Å². The second-order valence-electron chi connectivity index (χ2n) is 6.56. The number of unbranched alkanes of at least 4 members (excludes halogenated alkanes) is 1. The van der Waals surface area contributed by atoms with Crippen LogP contribution in [0.3, 0.4) is 0 Å². The van der Waals surface area contributed by atoms with Crippen molar-refractivity contribution in [3.05, 3.63) is 28.8 Å². The average Bonchev–Trinajstić information content (AvgIpc) is 3.11. The third-order valence-corrected chi connectivity index (χ3v) is 5.02. The van der Waals surface area contributed by atoms with E-state index in [0.717, 1.165) is 34.9 Å². The van der Waals surface area contributed by atoms with Gasteiger partial charge in [-0.3, -0.25) is 4.79 Å². The van der Waals surface area contributed by atoms with Crippen molar-refractivity contribution in [2.24, 2.45) is 0 Å². The maximum atomic E-state index is 12.2. The summed E-state index contributed by atoms with van der Waals surface area (Å²) in [6.07, 6.45) is 3.09. The maximum Gasteiger partial charge on any atom is 0.226 e. The molecule has 1 heterocycles. The number of rotatable bonds is 11. The van der Waals surface area contributed by atoms with Gasteiger partial charge in [-0.05, 0) is 37.5 Å². The molecule has 0 aliphatic carbocycles. The topological polar surface area (TPSA) is 73.3 Å². The predicted molar refractivity (Wildman–Crippen MR) is 109 cm³/mol. The molecule has 0 unspecified atom stereocenters. The lowest BCUT2D eigenvalue weighted by Crippen LogP contribution is -2.12. The number of aryl methyl sites for hydroxylation is 1. The quantitative estimate of drug-likeness (QED) is 0.557. The van der Waals surface area contributed by atoms with E-state index < -0.39 is 0 Å². The first-order chi connectivity index (χ1) is 13.0. The first-order valence-corrected chi connectivity index (χ1v) is 10.4. The van der Waals surface area contributed by atoms with Gasteiger partial charge in [0.1, 0.15) is 5.01 Å². The number of aromatic nitrogens is 2. The summed E-state index contributed by atoms with van der Waals surface area (Å²) in [5.74, 6) is 1.73. The molecule has 0 fully saturated rings. The second-order valence-corrected chi connectivity index (χ2v) is 7.57. The number of ether oxygens (including phenoxy) is 2. The Morgan fingerprint density at radius 1 is 1.19 bits per heavy atom. The minimum atomic E-state index is -0.0670. The molecule has 1 aromatic heterocycles. The van der Waals surface area contributed by atoms with E-state index in [0.29, 0.717) is 37.1 Å². The lowest BCUT2D eigenvalue weighted by atomic mass is 10.1. The molecule has 0 saturated carbocycles. The van der Waals surface area contributed by atoms with Crippen molar-refractivity contribution in [3.8, 4) is 11.5 Å². The number of carbonyl (C=O) groups excluding carboxylic acids is 1. The fourth-order valence-electron chi connectivity index (χ4n) is 2.38. The average molecular weight is 392 g/mol. The summed E-state index contributed by atoms with van der Waals surface area (Å²) in [6, 6.07) is 5.87. The van der Waals surface area contributed by atoms with Crippen LogP contribution in [-0.4, -0.2) is 29.3 Å². The first-order valence-electron chi connectivity index (χ1n) is 9.55. The summed E-state index contributed by atoms with van der Waals surface area (Å²) < 4.78 is 11.5. The number of hydrogen-bond acceptors (Lipinski definition) is 6. The number of hydrogen-bond donors (Lipinski definition) is 1. The fraction of sp³-hybridized carbons (Fsp3) is 0.550. The summed E-state index contributed by atoms with van der Waals surface area (Å²) in [4.78, 5) is 12.2. The molecule has 0 saturated heterocycles. The Balaban J connectivity index is 1.91. The molecule has 1 N–H and O–H groups in total. The number of nitrogens with one attached hydrogen (secondary N) is 1. The normalized spacial score (nSPS) is 10.9. The van der Waals surface area contributed by atoms with Crippen LogP contribution in [0.1, 0.15) is 63.4 Å². The summed E-state index contributed by atoms with van der Waals surface area (Å²) >= 11 is 1.42. The van der Waals surface area contributed by atoms with E-state index in [9.17, 15) is 4.79 Å². The number of carbonyl (C=O) groups is 1. The van der Waals surface area contributed by atoms with Crippen LogP contribution in [0.5, 0.6) is 11.5 Å². The van der Waals surface area contributed by atoms with Crippen molar-refractivity contribution < 1.29 is 14.3 Å². The molecule has 148 valence electrons. The van der Waals surface area contributed by atoms with Crippen LogP contribution in [-0.2, 0) is 11.2 Å². The summed E-state index contributed by atoms with van der Waals surface area (Å²) in [5.41, 5.74) is 1.04. The van der Waals surface area contributed by atoms with Crippen LogP contribution in [0, 0.1) is 0 Å². The summed E-state index contributed by atoms with van der Waals surface area (Å²) in [6.45, 7) is 9.44. The highest BCUT2D eigenvalue weighted by Crippen LogP contribution is 2.29. The largest absolute Gasteiger partial charge is 0.490 e. The standard InChI is InChI=1S/C20H29N3O3S/c1-5-7-12-26-16-10-8-15(13-17(16)25-6-2)9-11-18(24)21-20-23-22-19(27-20)14(3)4/h8,10,13-14H,5-7,9,11-12H2,1-4H3,(H,21,23,24). The molecule has 2 rings (SSSR count). The summed E-state index contributed by atoms with van der Waals surface area (Å²) in [5, 5.41) is 12.4. The molecule has 0 atom stereocenters. The van der Waals surface area contributed by atoms with Crippen LogP contribution in [0.2, 0.25) is 0 Å². The van der Waals surface area contributed by atoms with Gasteiger partial charge in [-0.1, -0.05) is 44.6 Å². The third-order valence-electron chi connectivity index (χ3n) is 3.89. The number of nitrogens with zero attached hydrogens (tertiary/aromatic N) is 2. The van der Waals surface area contributed by atoms with Gasteiger partial charge in [-0.15, -0.1) is 10.2 Å². The van der Waals surface area contributed by atoms with E-state index in [1.165, 1.54) is 11.3 Å². The Bertz CT molecular complexity index is 731. The number of amides is 1. The molecular weight excluding hydrogens is 362 g/mol. The molecule has 2 aromatic rings. The molecule has 7 heteroatoms. The van der Waals surface area contributed by atoms with Gasteiger partial charge in [-0.2, -0.15) is 0 Å². The minimum Gasteiger partial charge on any atom is -0.490 e. The van der Waals surface area contributed by atoms with Gasteiger partial charge in [0.2, 0.25) is 11.0 Å². The van der Waals surface area contributed by atoms with E-state index in [-0.39, 0.29) is 5.91 Å². The van der Waals surface area contributed by atoms with Gasteiger partial charge in [0.05, 0.1) is 13.2 Å². The Labute approximate surface area is 165 Å². The van der Waals surface area contributed by atoms with Crippen molar-refractivity contribution in [1.29, 1.82) is 0 Å². The minimum absolute atomic E-state index is 0.0670. The highest BCUT2D eigenvalue weighted by atomic mass is 32.1. The third kappa shape index (κ3) is 6.82. The molecule has 0 radical (unpaired) electrons. The van der Waals surface area contributed by atoms with Crippen molar-refractivity contribution in [3.63, 3.8) is 0 Å². The van der Waals surface area contributed by atoms with Gasteiger partial charge in [0, 0.05) is 12.3 Å². The Morgan fingerprint density at radius 3 is 2.67 bits per heavy atom. The lowest BCUT2D eigenvalue weighted by molar-refractivity contribution is -0.116. The van der Waals surface area contributed by atoms with E-state index >= 15 is 0 Å². The molecule has 0 aliphatic heterocycles. The van der Waals surface area contributed by atoms with Gasteiger partial charge in [0.25, 0.3) is 0 Å². The number of benzene rings is 1. The molecular formula is C20H29N3O3S.